The Kier molecular flexibility index (Phi) is 5.47. The first kappa shape index (κ1) is 19.1. The fraction of sp³-hybridized carbons (Fsp3) is 0.273. The summed E-state index contributed by atoms with van der Waals surface area (Å²) in [4.78, 5) is 29.3. The van der Waals surface area contributed by atoms with Crippen molar-refractivity contribution in [1.29, 1.82) is 0 Å². The first-order chi connectivity index (χ1) is 13.5. The molecule has 144 valence electrons. The average molecular weight is 413 g/mol. The largest absolute Gasteiger partial charge is 0.372 e. The average Bonchev–Trinajstić information content (AvgIpc) is 3.30. The number of nitrogens with zero attached hydrogens (tertiary/aromatic N) is 2. The summed E-state index contributed by atoms with van der Waals surface area (Å²) in [6.07, 6.45) is 4.29. The molecule has 0 aromatic heterocycles. The summed E-state index contributed by atoms with van der Waals surface area (Å²) in [6, 6.07) is 13.6. The Bertz CT molecular complexity index is 967. The van der Waals surface area contributed by atoms with Gasteiger partial charge in [-0.1, -0.05) is 35.9 Å². The monoisotopic (exact) mass is 412 g/mol. The van der Waals surface area contributed by atoms with Crippen LogP contribution in [0.25, 0.3) is 6.08 Å². The minimum atomic E-state index is -0.266. The number of halogens is 1. The van der Waals surface area contributed by atoms with Crippen molar-refractivity contribution >= 4 is 46.3 Å². The number of thioether (sulfide) groups is 1. The summed E-state index contributed by atoms with van der Waals surface area (Å²) < 4.78 is 0. The van der Waals surface area contributed by atoms with Gasteiger partial charge in [-0.3, -0.25) is 14.5 Å². The lowest BCUT2D eigenvalue weighted by molar-refractivity contribution is -0.123. The van der Waals surface area contributed by atoms with Crippen molar-refractivity contribution < 1.29 is 9.59 Å². The summed E-state index contributed by atoms with van der Waals surface area (Å²) in [5, 5.41) is 0.293. The molecule has 0 N–H and O–H groups in total. The molecule has 0 spiro atoms. The number of carbonyl (C=O) groups excluding carboxylic acids is 2. The van der Waals surface area contributed by atoms with Gasteiger partial charge in [-0.15, -0.1) is 0 Å². The van der Waals surface area contributed by atoms with E-state index < -0.39 is 0 Å². The molecule has 4 nitrogen and oxygen atoms in total. The molecule has 28 heavy (non-hydrogen) atoms. The van der Waals surface area contributed by atoms with E-state index in [1.165, 1.54) is 23.4 Å². The molecule has 2 aliphatic rings. The second kappa shape index (κ2) is 8.02. The number of anilines is 1. The van der Waals surface area contributed by atoms with Crippen LogP contribution < -0.4 is 4.90 Å². The van der Waals surface area contributed by atoms with E-state index in [1.807, 2.05) is 37.3 Å². The van der Waals surface area contributed by atoms with Gasteiger partial charge >= 0.3 is 0 Å². The van der Waals surface area contributed by atoms with E-state index in [2.05, 4.69) is 17.0 Å². The molecule has 2 fully saturated rings. The fourth-order valence-corrected chi connectivity index (χ4v) is 4.59. The molecule has 2 amide bonds. The van der Waals surface area contributed by atoms with Gasteiger partial charge in [0.1, 0.15) is 0 Å². The molecule has 0 aliphatic carbocycles. The van der Waals surface area contributed by atoms with Crippen LogP contribution in [0, 0.1) is 6.92 Å². The second-order valence-electron chi connectivity index (χ2n) is 7.09. The zero-order chi connectivity index (χ0) is 19.7. The molecular weight excluding hydrogens is 392 g/mol. The van der Waals surface area contributed by atoms with Crippen LogP contribution in [0.4, 0.5) is 10.5 Å². The topological polar surface area (TPSA) is 40.6 Å². The predicted molar refractivity (Wildman–Crippen MR) is 116 cm³/mol. The van der Waals surface area contributed by atoms with Gasteiger partial charge in [-0.25, -0.2) is 0 Å². The van der Waals surface area contributed by atoms with E-state index in [0.717, 1.165) is 41.5 Å². The normalized spacial score (nSPS) is 18.6. The number of imide groups is 1. The molecule has 2 saturated heterocycles. The number of amides is 2. The first-order valence-electron chi connectivity index (χ1n) is 9.37. The minimum Gasteiger partial charge on any atom is -0.372 e. The third-order valence-electron chi connectivity index (χ3n) is 5.17. The zero-order valence-electron chi connectivity index (χ0n) is 15.7. The molecule has 0 radical (unpaired) electrons. The molecule has 2 aromatic carbocycles. The van der Waals surface area contributed by atoms with Crippen molar-refractivity contribution in [3.8, 4) is 0 Å². The molecule has 2 aromatic rings. The predicted octanol–water partition coefficient (Wildman–Crippen LogP) is 5.49. The third kappa shape index (κ3) is 3.82. The molecule has 2 aliphatic heterocycles. The van der Waals surface area contributed by atoms with E-state index in [1.54, 1.807) is 6.07 Å². The van der Waals surface area contributed by atoms with Crippen LogP contribution in [-0.2, 0) is 11.3 Å². The van der Waals surface area contributed by atoms with Gasteiger partial charge in [-0.2, -0.15) is 0 Å². The lowest BCUT2D eigenvalue weighted by atomic mass is 10.1. The minimum absolute atomic E-state index is 0.189. The maximum atomic E-state index is 12.8. The fourth-order valence-electron chi connectivity index (χ4n) is 3.57. The highest BCUT2D eigenvalue weighted by atomic mass is 35.5. The lowest BCUT2D eigenvalue weighted by Crippen LogP contribution is -2.27. The summed E-state index contributed by atoms with van der Waals surface area (Å²) in [5.41, 5.74) is 4.05. The molecular formula is C22H21ClN2O2S. The maximum Gasteiger partial charge on any atom is 0.293 e. The van der Waals surface area contributed by atoms with Gasteiger partial charge in [0, 0.05) is 23.8 Å². The third-order valence-corrected chi connectivity index (χ3v) is 6.45. The Balaban J connectivity index is 1.54. The molecule has 0 atom stereocenters. The van der Waals surface area contributed by atoms with Crippen molar-refractivity contribution in [2.75, 3.05) is 18.0 Å². The van der Waals surface area contributed by atoms with Gasteiger partial charge in [-0.05, 0) is 72.5 Å². The number of aryl methyl sites for hydroxylation is 1. The van der Waals surface area contributed by atoms with Crippen LogP contribution in [0.3, 0.4) is 0 Å². The maximum absolute atomic E-state index is 12.8. The summed E-state index contributed by atoms with van der Waals surface area (Å²) >= 11 is 7.16. The highest BCUT2D eigenvalue weighted by molar-refractivity contribution is 8.18. The van der Waals surface area contributed by atoms with Crippen molar-refractivity contribution in [3.05, 3.63) is 69.1 Å². The standard InChI is InChI=1S/C22H21ClN2O2S/c1-15-12-18(24-10-4-5-11-24)9-8-16(15)13-20-21(26)25(22(27)28-20)14-17-6-2-3-7-19(17)23/h2-3,6-9,12-13H,4-5,10-11,14H2,1H3. The summed E-state index contributed by atoms with van der Waals surface area (Å²) in [5.74, 6) is -0.266. The number of hydrogen-bond donors (Lipinski definition) is 0. The van der Waals surface area contributed by atoms with E-state index in [4.69, 9.17) is 11.6 Å². The van der Waals surface area contributed by atoms with Crippen LogP contribution in [0.5, 0.6) is 0 Å². The van der Waals surface area contributed by atoms with Crippen LogP contribution in [0.15, 0.2) is 47.4 Å². The number of benzene rings is 2. The van der Waals surface area contributed by atoms with Crippen LogP contribution >= 0.6 is 23.4 Å². The van der Waals surface area contributed by atoms with Gasteiger partial charge < -0.3 is 4.90 Å². The second-order valence-corrected chi connectivity index (χ2v) is 8.49. The van der Waals surface area contributed by atoms with Gasteiger partial charge in [0.2, 0.25) is 0 Å². The number of carbonyl (C=O) groups is 2. The van der Waals surface area contributed by atoms with E-state index in [0.29, 0.717) is 9.93 Å². The van der Waals surface area contributed by atoms with Crippen molar-refractivity contribution in [1.82, 2.24) is 4.90 Å². The van der Waals surface area contributed by atoms with Crippen molar-refractivity contribution in [2.24, 2.45) is 0 Å². The Labute approximate surface area is 174 Å². The Hall–Kier alpha value is -2.24. The SMILES string of the molecule is Cc1cc(N2CCCC2)ccc1C=C1SC(=O)N(Cc2ccccc2Cl)C1=O. The highest BCUT2D eigenvalue weighted by Crippen LogP contribution is 2.35. The molecule has 0 unspecified atom stereocenters. The van der Waals surface area contributed by atoms with Gasteiger partial charge in [0.15, 0.2) is 0 Å². The smallest absolute Gasteiger partial charge is 0.293 e. The van der Waals surface area contributed by atoms with Crippen molar-refractivity contribution in [3.63, 3.8) is 0 Å². The van der Waals surface area contributed by atoms with E-state index >= 15 is 0 Å². The molecule has 4 rings (SSSR count). The van der Waals surface area contributed by atoms with Crippen LogP contribution in [0.2, 0.25) is 5.02 Å². The molecule has 2 heterocycles. The van der Waals surface area contributed by atoms with Crippen LogP contribution in [0.1, 0.15) is 29.5 Å². The zero-order valence-corrected chi connectivity index (χ0v) is 17.2. The van der Waals surface area contributed by atoms with E-state index in [-0.39, 0.29) is 17.7 Å². The molecule has 0 bridgehead atoms. The van der Waals surface area contributed by atoms with Gasteiger partial charge in [0.25, 0.3) is 11.1 Å². The quantitative estimate of drug-likeness (QED) is 0.623. The Morgan fingerprint density at radius 3 is 2.57 bits per heavy atom. The molecule has 0 saturated carbocycles. The number of hydrogen-bond acceptors (Lipinski definition) is 4. The Morgan fingerprint density at radius 1 is 1.11 bits per heavy atom. The summed E-state index contributed by atoms with van der Waals surface area (Å²) in [7, 11) is 0. The molecule has 6 heteroatoms. The number of rotatable bonds is 4. The van der Waals surface area contributed by atoms with Gasteiger partial charge in [0.05, 0.1) is 11.4 Å². The van der Waals surface area contributed by atoms with Crippen LogP contribution in [-0.4, -0.2) is 29.1 Å². The lowest BCUT2D eigenvalue weighted by Gasteiger charge is -2.18. The first-order valence-corrected chi connectivity index (χ1v) is 10.6. The Morgan fingerprint density at radius 2 is 1.86 bits per heavy atom. The van der Waals surface area contributed by atoms with Crippen molar-refractivity contribution in [2.45, 2.75) is 26.3 Å². The summed E-state index contributed by atoms with van der Waals surface area (Å²) in [6.45, 7) is 4.42. The van der Waals surface area contributed by atoms with E-state index in [9.17, 15) is 9.59 Å². The highest BCUT2D eigenvalue weighted by Gasteiger charge is 2.35.